The van der Waals surface area contributed by atoms with Crippen molar-refractivity contribution < 1.29 is 26.7 Å². The highest BCUT2D eigenvalue weighted by Gasteiger charge is 2.26. The lowest BCUT2D eigenvalue weighted by molar-refractivity contribution is 0.354. The largest absolute Gasteiger partial charge is 0.493 e. The molecule has 0 saturated heterocycles. The molecule has 0 heterocycles. The Kier molecular flexibility index (Phi) is 6.03. The molecule has 3 aromatic rings. The summed E-state index contributed by atoms with van der Waals surface area (Å²) in [7, 11) is -1.06. The quantitative estimate of drug-likeness (QED) is 0.570. The van der Waals surface area contributed by atoms with Crippen molar-refractivity contribution in [3.63, 3.8) is 0 Å². The van der Waals surface area contributed by atoms with Crippen LogP contribution in [-0.2, 0) is 16.6 Å². The van der Waals surface area contributed by atoms with E-state index >= 15 is 0 Å². The molecule has 0 N–H and O–H groups in total. The molecule has 0 aliphatic carbocycles. The van der Waals surface area contributed by atoms with Gasteiger partial charge in [-0.3, -0.25) is 4.31 Å². The van der Waals surface area contributed by atoms with E-state index in [1.54, 1.807) is 18.2 Å². The third-order valence-electron chi connectivity index (χ3n) is 4.29. The Hall–Kier alpha value is -3.13. The van der Waals surface area contributed by atoms with Crippen LogP contribution in [0.5, 0.6) is 11.5 Å². The fourth-order valence-corrected chi connectivity index (χ4v) is 4.25. The second-order valence-corrected chi connectivity index (χ2v) is 7.99. The summed E-state index contributed by atoms with van der Waals surface area (Å²) in [5.74, 6) is -0.0784. The summed E-state index contributed by atoms with van der Waals surface area (Å²) in [4.78, 5) is -0.0799. The van der Waals surface area contributed by atoms with Crippen LogP contribution in [0.4, 0.5) is 14.5 Å². The number of methoxy groups -OCH3 is 2. The summed E-state index contributed by atoms with van der Waals surface area (Å²) in [6.45, 7) is -0.0499. The zero-order valence-corrected chi connectivity index (χ0v) is 16.6. The van der Waals surface area contributed by atoms with Crippen molar-refractivity contribution in [3.8, 4) is 11.5 Å². The molecule has 3 rings (SSSR count). The van der Waals surface area contributed by atoms with Gasteiger partial charge in [-0.15, -0.1) is 0 Å². The number of nitrogens with zero attached hydrogens (tertiary/aromatic N) is 1. The van der Waals surface area contributed by atoms with Gasteiger partial charge in [-0.25, -0.2) is 17.2 Å². The van der Waals surface area contributed by atoms with Crippen LogP contribution in [0.25, 0.3) is 0 Å². The summed E-state index contributed by atoms with van der Waals surface area (Å²) in [5, 5.41) is 0. The number of benzene rings is 3. The predicted molar refractivity (Wildman–Crippen MR) is 106 cm³/mol. The van der Waals surface area contributed by atoms with Gasteiger partial charge < -0.3 is 9.47 Å². The summed E-state index contributed by atoms with van der Waals surface area (Å²) < 4.78 is 64.8. The lowest BCUT2D eigenvalue weighted by Crippen LogP contribution is -2.30. The van der Waals surface area contributed by atoms with Crippen LogP contribution >= 0.6 is 0 Å². The van der Waals surface area contributed by atoms with Crippen molar-refractivity contribution in [2.75, 3.05) is 18.5 Å². The maximum absolute atomic E-state index is 13.4. The van der Waals surface area contributed by atoms with E-state index in [1.807, 2.05) is 0 Å². The molecule has 0 unspecified atom stereocenters. The molecule has 0 fully saturated rings. The van der Waals surface area contributed by atoms with Crippen LogP contribution in [0, 0.1) is 11.6 Å². The van der Waals surface area contributed by atoms with Gasteiger partial charge in [0.15, 0.2) is 11.5 Å². The normalized spacial score (nSPS) is 11.2. The minimum absolute atomic E-state index is 0.0499. The average Bonchev–Trinajstić information content (AvgIpc) is 2.72. The van der Waals surface area contributed by atoms with Crippen molar-refractivity contribution in [1.29, 1.82) is 0 Å². The minimum Gasteiger partial charge on any atom is -0.493 e. The Balaban J connectivity index is 2.06. The highest BCUT2D eigenvalue weighted by atomic mass is 32.2. The molecule has 5 nitrogen and oxygen atoms in total. The standard InChI is InChI=1S/C21H19F2NO4S/c1-27-20-12-3-15(13-21(20)28-2)14-24(18-8-4-16(22)5-9-18)29(25,26)19-10-6-17(23)7-11-19/h3-13H,14H2,1-2H3. The highest BCUT2D eigenvalue weighted by Crippen LogP contribution is 2.31. The average molecular weight is 419 g/mol. The molecule has 8 heteroatoms. The van der Waals surface area contributed by atoms with Crippen LogP contribution in [0.3, 0.4) is 0 Å². The monoisotopic (exact) mass is 419 g/mol. The number of rotatable bonds is 7. The lowest BCUT2D eigenvalue weighted by Gasteiger charge is -2.25. The zero-order chi connectivity index (χ0) is 21.0. The van der Waals surface area contributed by atoms with Gasteiger partial charge in [-0.05, 0) is 66.2 Å². The maximum Gasteiger partial charge on any atom is 0.264 e. The van der Waals surface area contributed by atoms with Crippen LogP contribution in [0.15, 0.2) is 71.6 Å². The molecule has 0 aromatic heterocycles. The van der Waals surface area contributed by atoms with E-state index in [-0.39, 0.29) is 17.1 Å². The Morgan fingerprint density at radius 2 is 1.34 bits per heavy atom. The Bertz CT molecular complexity index is 1080. The zero-order valence-electron chi connectivity index (χ0n) is 15.8. The van der Waals surface area contributed by atoms with Crippen LogP contribution in [0.2, 0.25) is 0 Å². The van der Waals surface area contributed by atoms with Gasteiger partial charge in [-0.2, -0.15) is 0 Å². The van der Waals surface area contributed by atoms with E-state index in [1.165, 1.54) is 50.6 Å². The van der Waals surface area contributed by atoms with Crippen molar-refractivity contribution in [2.24, 2.45) is 0 Å². The molecule has 0 radical (unpaired) electrons. The Morgan fingerprint density at radius 1 is 0.793 bits per heavy atom. The molecule has 29 heavy (non-hydrogen) atoms. The molecular formula is C21H19F2NO4S. The molecule has 0 amide bonds. The smallest absolute Gasteiger partial charge is 0.264 e. The van der Waals surface area contributed by atoms with Crippen molar-refractivity contribution in [2.45, 2.75) is 11.4 Å². The Labute approximate surface area is 168 Å². The summed E-state index contributed by atoms with van der Waals surface area (Å²) in [6.07, 6.45) is 0. The van der Waals surface area contributed by atoms with Gasteiger partial charge in [0.05, 0.1) is 31.3 Å². The minimum atomic E-state index is -4.05. The molecule has 0 saturated carbocycles. The van der Waals surface area contributed by atoms with E-state index in [4.69, 9.17) is 9.47 Å². The van der Waals surface area contributed by atoms with E-state index in [2.05, 4.69) is 0 Å². The number of sulfonamides is 1. The number of ether oxygens (including phenoxy) is 2. The van der Waals surface area contributed by atoms with E-state index in [0.717, 1.165) is 16.4 Å². The second-order valence-electron chi connectivity index (χ2n) is 6.13. The maximum atomic E-state index is 13.4. The first-order chi connectivity index (χ1) is 13.8. The third kappa shape index (κ3) is 4.48. The van der Waals surface area contributed by atoms with E-state index < -0.39 is 21.7 Å². The number of anilines is 1. The van der Waals surface area contributed by atoms with E-state index in [9.17, 15) is 17.2 Å². The second kappa shape index (κ2) is 8.48. The number of hydrogen-bond acceptors (Lipinski definition) is 4. The van der Waals surface area contributed by atoms with Gasteiger partial charge >= 0.3 is 0 Å². The lowest BCUT2D eigenvalue weighted by atomic mass is 10.2. The van der Waals surface area contributed by atoms with Gasteiger partial charge in [0.2, 0.25) is 0 Å². The number of hydrogen-bond donors (Lipinski definition) is 0. The topological polar surface area (TPSA) is 55.8 Å². The molecule has 0 atom stereocenters. The summed E-state index contributed by atoms with van der Waals surface area (Å²) in [5.41, 5.74) is 0.892. The molecule has 3 aromatic carbocycles. The first-order valence-electron chi connectivity index (χ1n) is 8.60. The SMILES string of the molecule is COc1ccc(CN(c2ccc(F)cc2)S(=O)(=O)c2ccc(F)cc2)cc1OC. The third-order valence-corrected chi connectivity index (χ3v) is 6.08. The van der Waals surface area contributed by atoms with Crippen LogP contribution < -0.4 is 13.8 Å². The summed E-state index contributed by atoms with van der Waals surface area (Å²) in [6, 6.07) is 14.7. The Morgan fingerprint density at radius 3 is 1.90 bits per heavy atom. The van der Waals surface area contributed by atoms with Gasteiger partial charge in [0.25, 0.3) is 10.0 Å². The first-order valence-corrected chi connectivity index (χ1v) is 10.0. The molecule has 0 bridgehead atoms. The highest BCUT2D eigenvalue weighted by molar-refractivity contribution is 7.92. The van der Waals surface area contributed by atoms with Crippen molar-refractivity contribution in [1.82, 2.24) is 0 Å². The fraction of sp³-hybridized carbons (Fsp3) is 0.143. The van der Waals surface area contributed by atoms with Crippen LogP contribution in [0.1, 0.15) is 5.56 Å². The van der Waals surface area contributed by atoms with Gasteiger partial charge in [0.1, 0.15) is 11.6 Å². The molecule has 0 aliphatic rings. The predicted octanol–water partition coefficient (Wildman–Crippen LogP) is 4.38. The van der Waals surface area contributed by atoms with Gasteiger partial charge in [-0.1, -0.05) is 6.07 Å². The fourth-order valence-electron chi connectivity index (χ4n) is 2.80. The van der Waals surface area contributed by atoms with Crippen molar-refractivity contribution >= 4 is 15.7 Å². The van der Waals surface area contributed by atoms with Crippen molar-refractivity contribution in [3.05, 3.63) is 83.9 Å². The molecule has 0 aliphatic heterocycles. The van der Waals surface area contributed by atoms with Crippen LogP contribution in [-0.4, -0.2) is 22.6 Å². The number of halogens is 2. The van der Waals surface area contributed by atoms with Gasteiger partial charge in [0, 0.05) is 0 Å². The molecule has 0 spiro atoms. The van der Waals surface area contributed by atoms with E-state index in [0.29, 0.717) is 17.1 Å². The molecular weight excluding hydrogens is 400 g/mol. The molecule has 152 valence electrons. The summed E-state index contributed by atoms with van der Waals surface area (Å²) >= 11 is 0. The first kappa shape index (κ1) is 20.6.